The van der Waals surface area contributed by atoms with Gasteiger partial charge in [0, 0.05) is 11.3 Å². The summed E-state index contributed by atoms with van der Waals surface area (Å²) in [6.45, 7) is 1.68. The van der Waals surface area contributed by atoms with Gasteiger partial charge in [0.25, 0.3) is 5.91 Å². The highest BCUT2D eigenvalue weighted by Crippen LogP contribution is 2.30. The van der Waals surface area contributed by atoms with E-state index >= 15 is 0 Å². The van der Waals surface area contributed by atoms with Crippen LogP contribution in [0.25, 0.3) is 0 Å². The van der Waals surface area contributed by atoms with Gasteiger partial charge in [-0.05, 0) is 48.4 Å². The second kappa shape index (κ2) is 9.25. The van der Waals surface area contributed by atoms with Gasteiger partial charge in [0.05, 0.1) is 11.6 Å². The number of primary amides is 1. The van der Waals surface area contributed by atoms with Crippen LogP contribution in [0.2, 0.25) is 0 Å². The molecule has 0 saturated heterocycles. The number of amides is 1. The molecule has 1 unspecified atom stereocenters. The molecule has 0 spiro atoms. The zero-order valence-corrected chi connectivity index (χ0v) is 14.9. The Hall–Kier alpha value is -3.53. The minimum atomic E-state index is -1.10. The number of nitrogens with two attached hydrogens (primary N) is 1. The number of hydrogen-bond donors (Lipinski definition) is 3. The van der Waals surface area contributed by atoms with Gasteiger partial charge in [0.1, 0.15) is 5.75 Å². The average Bonchev–Trinajstić information content (AvgIpc) is 2.65. The number of rotatable bonds is 9. The van der Waals surface area contributed by atoms with Crippen LogP contribution in [0.1, 0.15) is 36.1 Å². The maximum absolute atomic E-state index is 11.9. The van der Waals surface area contributed by atoms with Gasteiger partial charge in [-0.25, -0.2) is 4.79 Å². The van der Waals surface area contributed by atoms with Gasteiger partial charge < -0.3 is 20.9 Å². The number of hydrogen-bond acceptors (Lipinski definition) is 5. The van der Waals surface area contributed by atoms with Crippen LogP contribution in [-0.2, 0) is 16.0 Å². The summed E-state index contributed by atoms with van der Waals surface area (Å²) in [5.41, 5.74) is 7.52. The van der Waals surface area contributed by atoms with E-state index in [2.05, 4.69) is 5.32 Å². The number of ether oxygens (including phenoxy) is 1. The molecule has 2 aromatic carbocycles. The van der Waals surface area contributed by atoms with Gasteiger partial charge in [-0.15, -0.1) is 0 Å². The van der Waals surface area contributed by atoms with E-state index in [9.17, 15) is 14.7 Å². The van der Waals surface area contributed by atoms with Crippen molar-refractivity contribution in [2.75, 3.05) is 11.9 Å². The van der Waals surface area contributed by atoms with Gasteiger partial charge >= 0.3 is 5.97 Å². The Bertz CT molecular complexity index is 857. The van der Waals surface area contributed by atoms with Crippen molar-refractivity contribution in [3.63, 3.8) is 0 Å². The Morgan fingerprint density at radius 3 is 2.52 bits per heavy atom. The molecule has 2 rings (SSSR count). The topological polar surface area (TPSA) is 125 Å². The number of nitriles is 1. The Balaban J connectivity index is 2.39. The summed E-state index contributed by atoms with van der Waals surface area (Å²) >= 11 is 0. The molecular weight excluding hydrogens is 346 g/mol. The van der Waals surface area contributed by atoms with Crippen LogP contribution in [0.5, 0.6) is 5.75 Å². The number of nitrogens with one attached hydrogen (secondary N) is 1. The molecule has 0 aliphatic rings. The highest BCUT2D eigenvalue weighted by molar-refractivity contribution is 5.81. The smallest absolute Gasteiger partial charge is 0.330 e. The number of carboxylic acid groups (broad SMARTS) is 1. The molecule has 1 atom stereocenters. The van der Waals surface area contributed by atoms with Crippen LogP contribution in [-0.4, -0.2) is 23.6 Å². The van der Waals surface area contributed by atoms with Crippen molar-refractivity contribution in [1.82, 2.24) is 0 Å². The Morgan fingerprint density at radius 1 is 1.26 bits per heavy atom. The first kappa shape index (κ1) is 19.8. The average molecular weight is 367 g/mol. The van der Waals surface area contributed by atoms with Gasteiger partial charge in [0.15, 0.2) is 12.6 Å². The molecule has 0 aliphatic heterocycles. The maximum atomic E-state index is 11.9. The molecule has 0 aliphatic carbocycles. The summed E-state index contributed by atoms with van der Waals surface area (Å²) in [6, 6.07) is 12.6. The number of aliphatic carboxylic acids is 1. The van der Waals surface area contributed by atoms with Crippen molar-refractivity contribution in [3.05, 3.63) is 59.2 Å². The van der Waals surface area contributed by atoms with Crippen LogP contribution in [0, 0.1) is 11.3 Å². The number of nitrogens with zero attached hydrogens (tertiary/aromatic N) is 1. The van der Waals surface area contributed by atoms with E-state index in [1.807, 2.05) is 19.1 Å². The van der Waals surface area contributed by atoms with E-state index in [0.717, 1.165) is 18.4 Å². The van der Waals surface area contributed by atoms with Crippen LogP contribution in [0.4, 0.5) is 5.69 Å². The minimum Gasteiger partial charge on any atom is -0.483 e. The molecule has 7 heteroatoms. The molecule has 4 N–H and O–H groups in total. The quantitative estimate of drug-likeness (QED) is 0.625. The van der Waals surface area contributed by atoms with E-state index in [4.69, 9.17) is 15.7 Å². The standard InChI is InChI=1S/C20H21N3O4/c1-2-3-13-6-9-17(27-12-18(22)24)16(10-13)19(20(25)26)23-15-7-4-14(11-21)5-8-15/h4-10,19,23H,2-3,12H2,1H3,(H2,22,24)(H,25,26). The largest absolute Gasteiger partial charge is 0.483 e. The molecule has 0 bridgehead atoms. The summed E-state index contributed by atoms with van der Waals surface area (Å²) in [5, 5.41) is 21.6. The zero-order valence-electron chi connectivity index (χ0n) is 14.9. The predicted molar refractivity (Wildman–Crippen MR) is 100 cm³/mol. The van der Waals surface area contributed by atoms with Crippen molar-refractivity contribution < 1.29 is 19.4 Å². The molecule has 0 saturated carbocycles. The lowest BCUT2D eigenvalue weighted by atomic mass is 10.00. The molecule has 0 aromatic heterocycles. The van der Waals surface area contributed by atoms with Crippen molar-refractivity contribution in [3.8, 4) is 11.8 Å². The van der Waals surface area contributed by atoms with Gasteiger partial charge in [-0.2, -0.15) is 5.26 Å². The molecule has 2 aromatic rings. The molecule has 27 heavy (non-hydrogen) atoms. The Labute approximate surface area is 157 Å². The number of carbonyl (C=O) groups is 2. The Kier molecular flexibility index (Phi) is 6.78. The number of carboxylic acids is 1. The van der Waals surface area contributed by atoms with Crippen LogP contribution in [0.3, 0.4) is 0 Å². The molecule has 0 radical (unpaired) electrons. The summed E-state index contributed by atoms with van der Waals surface area (Å²) in [5.74, 6) is -1.47. The predicted octanol–water partition coefficient (Wildman–Crippen LogP) is 2.61. The minimum absolute atomic E-state index is 0.280. The summed E-state index contributed by atoms with van der Waals surface area (Å²) in [7, 11) is 0. The number of aryl methyl sites for hydroxylation is 1. The highest BCUT2D eigenvalue weighted by atomic mass is 16.5. The molecule has 1 amide bonds. The lowest BCUT2D eigenvalue weighted by molar-refractivity contribution is -0.138. The van der Waals surface area contributed by atoms with Crippen LogP contribution < -0.4 is 15.8 Å². The van der Waals surface area contributed by atoms with Gasteiger partial charge in [-0.1, -0.05) is 19.4 Å². The van der Waals surface area contributed by atoms with Crippen molar-refractivity contribution >= 4 is 17.6 Å². The molecule has 0 fully saturated rings. The van der Waals surface area contributed by atoms with E-state index in [1.165, 1.54) is 0 Å². The number of anilines is 1. The zero-order chi connectivity index (χ0) is 19.8. The third kappa shape index (κ3) is 5.47. The fourth-order valence-corrected chi connectivity index (χ4v) is 2.63. The van der Waals surface area contributed by atoms with E-state index in [1.54, 1.807) is 36.4 Å². The monoisotopic (exact) mass is 367 g/mol. The van der Waals surface area contributed by atoms with Crippen LogP contribution >= 0.6 is 0 Å². The fourth-order valence-electron chi connectivity index (χ4n) is 2.63. The van der Waals surface area contributed by atoms with Crippen molar-refractivity contribution in [2.24, 2.45) is 5.73 Å². The molecule has 0 heterocycles. The lowest BCUT2D eigenvalue weighted by Crippen LogP contribution is -2.24. The second-order valence-corrected chi connectivity index (χ2v) is 5.98. The molecule has 7 nitrogen and oxygen atoms in total. The fraction of sp³-hybridized carbons (Fsp3) is 0.250. The lowest BCUT2D eigenvalue weighted by Gasteiger charge is -2.20. The van der Waals surface area contributed by atoms with Crippen molar-refractivity contribution in [1.29, 1.82) is 5.26 Å². The van der Waals surface area contributed by atoms with Gasteiger partial charge in [0.2, 0.25) is 0 Å². The third-order valence-electron chi connectivity index (χ3n) is 3.87. The number of benzene rings is 2. The normalized spacial score (nSPS) is 11.3. The SMILES string of the molecule is CCCc1ccc(OCC(N)=O)c(C(Nc2ccc(C#N)cc2)C(=O)O)c1. The second-order valence-electron chi connectivity index (χ2n) is 5.98. The first-order valence-electron chi connectivity index (χ1n) is 8.48. The third-order valence-corrected chi connectivity index (χ3v) is 3.87. The first-order valence-corrected chi connectivity index (χ1v) is 8.48. The summed E-state index contributed by atoms with van der Waals surface area (Å²) in [6.07, 6.45) is 1.69. The first-order chi connectivity index (χ1) is 12.9. The summed E-state index contributed by atoms with van der Waals surface area (Å²) in [4.78, 5) is 23.0. The summed E-state index contributed by atoms with van der Waals surface area (Å²) < 4.78 is 5.42. The van der Waals surface area contributed by atoms with Gasteiger partial charge in [-0.3, -0.25) is 4.79 Å². The van der Waals surface area contributed by atoms with Crippen LogP contribution in [0.15, 0.2) is 42.5 Å². The van der Waals surface area contributed by atoms with E-state index < -0.39 is 17.9 Å². The van der Waals surface area contributed by atoms with Crippen molar-refractivity contribution in [2.45, 2.75) is 25.8 Å². The Morgan fingerprint density at radius 2 is 1.96 bits per heavy atom. The molecular formula is C20H21N3O4. The maximum Gasteiger partial charge on any atom is 0.330 e. The highest BCUT2D eigenvalue weighted by Gasteiger charge is 2.24. The molecule has 140 valence electrons. The van der Waals surface area contributed by atoms with E-state index in [-0.39, 0.29) is 12.4 Å². The van der Waals surface area contributed by atoms with E-state index in [0.29, 0.717) is 16.8 Å². The number of carbonyl (C=O) groups excluding carboxylic acids is 1.